The van der Waals surface area contributed by atoms with Crippen molar-refractivity contribution in [1.29, 1.82) is 0 Å². The minimum absolute atomic E-state index is 0.137. The molecule has 6 heteroatoms. The van der Waals surface area contributed by atoms with Gasteiger partial charge in [0, 0.05) is 12.6 Å². The van der Waals surface area contributed by atoms with Gasteiger partial charge >= 0.3 is 5.97 Å². The Kier molecular flexibility index (Phi) is 8.01. The number of carboxylic acid groups (broad SMARTS) is 1. The molecule has 1 aromatic rings. The summed E-state index contributed by atoms with van der Waals surface area (Å²) in [6.45, 7) is 9.00. The van der Waals surface area contributed by atoms with Gasteiger partial charge in [-0.15, -0.1) is 0 Å². The number of carboxylic acids is 1. The maximum Gasteiger partial charge on any atom is 0.317 e. The minimum Gasteiger partial charge on any atom is -0.490 e. The lowest BCUT2D eigenvalue weighted by atomic mass is 10.0. The predicted molar refractivity (Wildman–Crippen MR) is 97.5 cm³/mol. The van der Waals surface area contributed by atoms with Crippen molar-refractivity contribution < 1.29 is 19.4 Å². The molecule has 1 saturated heterocycles. The number of benzene rings is 1. The van der Waals surface area contributed by atoms with E-state index in [0.717, 1.165) is 50.5 Å². The van der Waals surface area contributed by atoms with Crippen molar-refractivity contribution in [2.45, 2.75) is 32.7 Å². The van der Waals surface area contributed by atoms with Crippen molar-refractivity contribution in [3.8, 4) is 11.5 Å². The first kappa shape index (κ1) is 19.5. The van der Waals surface area contributed by atoms with Gasteiger partial charge in [-0.3, -0.25) is 14.6 Å². The first-order valence-corrected chi connectivity index (χ1v) is 9.16. The Labute approximate surface area is 150 Å². The van der Waals surface area contributed by atoms with Gasteiger partial charge in [-0.1, -0.05) is 19.1 Å². The highest BCUT2D eigenvalue weighted by Crippen LogP contribution is 2.26. The summed E-state index contributed by atoms with van der Waals surface area (Å²) in [5.74, 6) is 0.833. The molecule has 1 fully saturated rings. The Hall–Kier alpha value is -1.79. The number of likely N-dealkylation sites (tertiary alicyclic amines) is 1. The van der Waals surface area contributed by atoms with Gasteiger partial charge in [0.2, 0.25) is 0 Å². The Balaban J connectivity index is 1.73. The molecule has 1 N–H and O–H groups in total. The van der Waals surface area contributed by atoms with Crippen molar-refractivity contribution in [2.24, 2.45) is 0 Å². The van der Waals surface area contributed by atoms with Gasteiger partial charge < -0.3 is 14.6 Å². The Bertz CT molecular complexity index is 530. The maximum atomic E-state index is 10.9. The van der Waals surface area contributed by atoms with E-state index in [1.165, 1.54) is 0 Å². The van der Waals surface area contributed by atoms with E-state index in [4.69, 9.17) is 14.6 Å². The second-order valence-electron chi connectivity index (χ2n) is 6.26. The summed E-state index contributed by atoms with van der Waals surface area (Å²) in [4.78, 5) is 15.4. The van der Waals surface area contributed by atoms with Crippen LogP contribution in [0.25, 0.3) is 0 Å². The molecule has 6 nitrogen and oxygen atoms in total. The molecule has 1 aromatic carbocycles. The maximum absolute atomic E-state index is 10.9. The number of hydrogen-bond acceptors (Lipinski definition) is 5. The molecule has 1 aliphatic rings. The third kappa shape index (κ3) is 6.21. The first-order chi connectivity index (χ1) is 12.1. The van der Waals surface area contributed by atoms with E-state index in [-0.39, 0.29) is 6.54 Å². The molecule has 140 valence electrons. The lowest BCUT2D eigenvalue weighted by Gasteiger charge is -2.37. The summed E-state index contributed by atoms with van der Waals surface area (Å²) in [5, 5.41) is 9.00. The van der Waals surface area contributed by atoms with Gasteiger partial charge in [0.1, 0.15) is 6.61 Å². The highest BCUT2D eigenvalue weighted by molar-refractivity contribution is 5.69. The average molecular weight is 350 g/mol. The normalized spacial score (nSPS) is 16.1. The molecule has 0 spiro atoms. The number of aliphatic carboxylic acids is 1. The second kappa shape index (κ2) is 10.3. The second-order valence-corrected chi connectivity index (χ2v) is 6.26. The van der Waals surface area contributed by atoms with Gasteiger partial charge in [-0.25, -0.2) is 0 Å². The molecule has 0 atom stereocenters. The number of ether oxygens (including phenoxy) is 2. The van der Waals surface area contributed by atoms with Crippen LogP contribution in [0.3, 0.4) is 0 Å². The van der Waals surface area contributed by atoms with Gasteiger partial charge in [0.15, 0.2) is 11.5 Å². The van der Waals surface area contributed by atoms with Crippen molar-refractivity contribution in [3.05, 3.63) is 24.3 Å². The van der Waals surface area contributed by atoms with E-state index in [2.05, 4.69) is 9.80 Å². The highest BCUT2D eigenvalue weighted by Gasteiger charge is 2.24. The van der Waals surface area contributed by atoms with Crippen molar-refractivity contribution in [2.75, 3.05) is 45.9 Å². The number of nitrogens with zero attached hydrogens (tertiary/aromatic N) is 2. The quantitative estimate of drug-likeness (QED) is 0.699. The molecular weight excluding hydrogens is 320 g/mol. The molecule has 0 bridgehead atoms. The molecule has 0 aromatic heterocycles. The van der Waals surface area contributed by atoms with Crippen LogP contribution in [0.2, 0.25) is 0 Å². The van der Waals surface area contributed by atoms with Crippen molar-refractivity contribution in [3.63, 3.8) is 0 Å². The van der Waals surface area contributed by atoms with Crippen LogP contribution in [0, 0.1) is 0 Å². The molecule has 0 unspecified atom stereocenters. The summed E-state index contributed by atoms with van der Waals surface area (Å²) < 4.78 is 11.5. The molecule has 2 rings (SSSR count). The Morgan fingerprint density at radius 2 is 1.84 bits per heavy atom. The molecule has 1 heterocycles. The molecule has 0 aliphatic carbocycles. The number of likely N-dealkylation sites (N-methyl/N-ethyl adjacent to an activating group) is 1. The van der Waals surface area contributed by atoms with Crippen LogP contribution in [-0.2, 0) is 4.79 Å². The Morgan fingerprint density at radius 1 is 1.20 bits per heavy atom. The number of para-hydroxylation sites is 2. The lowest BCUT2D eigenvalue weighted by Crippen LogP contribution is -2.47. The van der Waals surface area contributed by atoms with Crippen LogP contribution in [0.1, 0.15) is 26.7 Å². The van der Waals surface area contributed by atoms with Crippen LogP contribution in [-0.4, -0.2) is 72.9 Å². The third-order valence-corrected chi connectivity index (χ3v) is 4.63. The number of rotatable bonds is 10. The van der Waals surface area contributed by atoms with E-state index < -0.39 is 5.97 Å². The van der Waals surface area contributed by atoms with E-state index in [0.29, 0.717) is 19.3 Å². The summed E-state index contributed by atoms with van der Waals surface area (Å²) in [7, 11) is 0. The molecule has 25 heavy (non-hydrogen) atoms. The van der Waals surface area contributed by atoms with Crippen LogP contribution >= 0.6 is 0 Å². The van der Waals surface area contributed by atoms with Crippen LogP contribution < -0.4 is 9.47 Å². The largest absolute Gasteiger partial charge is 0.490 e. The zero-order valence-electron chi connectivity index (χ0n) is 15.3. The van der Waals surface area contributed by atoms with E-state index in [9.17, 15) is 4.79 Å². The van der Waals surface area contributed by atoms with E-state index in [1.54, 1.807) is 0 Å². The zero-order valence-corrected chi connectivity index (χ0v) is 15.3. The minimum atomic E-state index is -0.745. The Morgan fingerprint density at radius 3 is 2.40 bits per heavy atom. The number of piperidine rings is 1. The van der Waals surface area contributed by atoms with Gasteiger partial charge in [0.25, 0.3) is 0 Å². The summed E-state index contributed by atoms with van der Waals surface area (Å²) in [6.07, 6.45) is 2.02. The van der Waals surface area contributed by atoms with Crippen molar-refractivity contribution in [1.82, 2.24) is 9.80 Å². The fraction of sp³-hybridized carbons (Fsp3) is 0.632. The average Bonchev–Trinajstić information content (AvgIpc) is 2.62. The van der Waals surface area contributed by atoms with Gasteiger partial charge in [-0.2, -0.15) is 0 Å². The SMILES string of the molecule is CCOc1ccccc1OCCN1CCC(N(CC)CC(=O)O)CC1. The van der Waals surface area contributed by atoms with Gasteiger partial charge in [0.05, 0.1) is 13.2 Å². The summed E-state index contributed by atoms with van der Waals surface area (Å²) in [5.41, 5.74) is 0. The molecule has 0 amide bonds. The van der Waals surface area contributed by atoms with Gasteiger partial charge in [-0.05, 0) is 51.5 Å². The van der Waals surface area contributed by atoms with Crippen molar-refractivity contribution >= 4 is 5.97 Å². The smallest absolute Gasteiger partial charge is 0.317 e. The van der Waals surface area contributed by atoms with E-state index in [1.807, 2.05) is 38.1 Å². The number of carbonyl (C=O) groups is 1. The van der Waals surface area contributed by atoms with E-state index >= 15 is 0 Å². The fourth-order valence-electron chi connectivity index (χ4n) is 3.31. The molecule has 0 radical (unpaired) electrons. The molecule has 0 saturated carbocycles. The standard InChI is InChI=1S/C19H30N2O4/c1-3-21(15-19(22)23)16-9-11-20(12-10-16)13-14-25-18-8-6-5-7-17(18)24-4-2/h5-8,16H,3-4,9-15H2,1-2H3,(H,22,23). The monoisotopic (exact) mass is 350 g/mol. The first-order valence-electron chi connectivity index (χ1n) is 9.16. The summed E-state index contributed by atoms with van der Waals surface area (Å²) >= 11 is 0. The summed E-state index contributed by atoms with van der Waals surface area (Å²) in [6, 6.07) is 8.12. The fourth-order valence-corrected chi connectivity index (χ4v) is 3.31. The third-order valence-electron chi connectivity index (χ3n) is 4.63. The lowest BCUT2D eigenvalue weighted by molar-refractivity contribution is -0.139. The van der Waals surface area contributed by atoms with Crippen LogP contribution in [0.5, 0.6) is 11.5 Å². The predicted octanol–water partition coefficient (Wildman–Crippen LogP) is 2.33. The molecule has 1 aliphatic heterocycles. The topological polar surface area (TPSA) is 62.2 Å². The zero-order chi connectivity index (χ0) is 18.1. The molecular formula is C19H30N2O4. The highest BCUT2D eigenvalue weighted by atomic mass is 16.5. The van der Waals surface area contributed by atoms with Crippen LogP contribution in [0.15, 0.2) is 24.3 Å². The number of hydrogen-bond donors (Lipinski definition) is 1. The van der Waals surface area contributed by atoms with Crippen LogP contribution in [0.4, 0.5) is 0 Å².